The summed E-state index contributed by atoms with van der Waals surface area (Å²) in [4.78, 5) is 26.2. The number of ether oxygens (including phenoxy) is 2. The molecule has 0 saturated heterocycles. The molecule has 4 heteroatoms. The summed E-state index contributed by atoms with van der Waals surface area (Å²) < 4.78 is 11.3. The summed E-state index contributed by atoms with van der Waals surface area (Å²) in [5.74, 6) is 3.08. The number of rotatable bonds is 6. The van der Waals surface area contributed by atoms with Gasteiger partial charge in [0.05, 0.1) is 0 Å². The first-order valence-electron chi connectivity index (χ1n) is 16.0. The van der Waals surface area contributed by atoms with Crippen LogP contribution in [0.15, 0.2) is 0 Å². The highest BCUT2D eigenvalue weighted by atomic mass is 16.6. The van der Waals surface area contributed by atoms with Crippen molar-refractivity contribution < 1.29 is 19.1 Å². The van der Waals surface area contributed by atoms with Gasteiger partial charge in [-0.15, -0.1) is 0 Å². The molecule has 8 atom stereocenters. The molecule has 0 amide bonds. The average molecular weight is 531 g/mol. The molecule has 0 spiro atoms. The van der Waals surface area contributed by atoms with E-state index in [1.165, 1.54) is 64.2 Å². The van der Waals surface area contributed by atoms with Crippen LogP contribution in [0.5, 0.6) is 0 Å². The molecular formula is C34H58O4. The van der Waals surface area contributed by atoms with Crippen LogP contribution >= 0.6 is 0 Å². The van der Waals surface area contributed by atoms with Crippen molar-refractivity contribution in [1.29, 1.82) is 0 Å². The van der Waals surface area contributed by atoms with Crippen LogP contribution in [0.2, 0.25) is 0 Å². The van der Waals surface area contributed by atoms with E-state index in [2.05, 4.69) is 20.8 Å². The van der Waals surface area contributed by atoms with Crippen LogP contribution in [-0.2, 0) is 19.1 Å². The molecule has 0 heterocycles. The zero-order chi connectivity index (χ0) is 28.1. The van der Waals surface area contributed by atoms with Gasteiger partial charge in [-0.2, -0.15) is 0 Å². The quantitative estimate of drug-likeness (QED) is 0.254. The molecule has 0 bridgehead atoms. The molecule has 4 fully saturated rings. The molecule has 0 N–H and O–H groups in total. The lowest BCUT2D eigenvalue weighted by atomic mass is 9.44. The minimum atomic E-state index is -0.849. The van der Waals surface area contributed by atoms with Gasteiger partial charge in [-0.3, -0.25) is 9.59 Å². The van der Waals surface area contributed by atoms with Crippen molar-refractivity contribution in [2.45, 2.75) is 151 Å². The molecule has 0 aliphatic heterocycles. The van der Waals surface area contributed by atoms with Crippen molar-refractivity contribution in [3.05, 3.63) is 0 Å². The minimum absolute atomic E-state index is 0.395. The van der Waals surface area contributed by atoms with Crippen molar-refractivity contribution in [3.8, 4) is 0 Å². The second kappa shape index (κ2) is 10.7. The highest BCUT2D eigenvalue weighted by Crippen LogP contribution is 2.68. The van der Waals surface area contributed by atoms with Crippen LogP contribution < -0.4 is 0 Å². The minimum Gasteiger partial charge on any atom is -0.459 e. The van der Waals surface area contributed by atoms with Crippen LogP contribution in [0.25, 0.3) is 0 Å². The third kappa shape index (κ3) is 5.99. The monoisotopic (exact) mass is 530 g/mol. The van der Waals surface area contributed by atoms with Crippen molar-refractivity contribution >= 4 is 11.9 Å². The van der Waals surface area contributed by atoms with Gasteiger partial charge in [0.25, 0.3) is 0 Å². The third-order valence-corrected chi connectivity index (χ3v) is 11.6. The molecule has 0 aromatic carbocycles. The van der Waals surface area contributed by atoms with Gasteiger partial charge in [0.2, 0.25) is 0 Å². The Kier molecular flexibility index (Phi) is 8.45. The highest BCUT2D eigenvalue weighted by Gasteiger charge is 2.60. The maximum Gasteiger partial charge on any atom is 0.320 e. The average Bonchev–Trinajstić information content (AvgIpc) is 3.13. The summed E-state index contributed by atoms with van der Waals surface area (Å²) in [6.45, 7) is 18.8. The van der Waals surface area contributed by atoms with E-state index in [-0.39, 0.29) is 0 Å². The fourth-order valence-corrected chi connectivity index (χ4v) is 9.98. The summed E-state index contributed by atoms with van der Waals surface area (Å²) in [7, 11) is 0. The Labute approximate surface area is 233 Å². The summed E-state index contributed by atoms with van der Waals surface area (Å²) >= 11 is 0. The van der Waals surface area contributed by atoms with E-state index in [1.807, 2.05) is 41.5 Å². The molecule has 4 aliphatic rings. The molecule has 4 nitrogen and oxygen atoms in total. The van der Waals surface area contributed by atoms with Gasteiger partial charge < -0.3 is 9.47 Å². The van der Waals surface area contributed by atoms with Crippen molar-refractivity contribution in [1.82, 2.24) is 0 Å². The molecule has 0 aromatic heterocycles. The van der Waals surface area contributed by atoms with Crippen molar-refractivity contribution in [2.24, 2.45) is 52.3 Å². The Morgan fingerprint density at radius 3 is 1.95 bits per heavy atom. The van der Waals surface area contributed by atoms with Crippen LogP contribution in [0, 0.1) is 52.3 Å². The summed E-state index contributed by atoms with van der Waals surface area (Å²) in [5, 5.41) is 0. The maximum absolute atomic E-state index is 13.1. The largest absolute Gasteiger partial charge is 0.459 e. The van der Waals surface area contributed by atoms with Gasteiger partial charge in [-0.25, -0.2) is 0 Å². The van der Waals surface area contributed by atoms with E-state index in [9.17, 15) is 9.59 Å². The van der Waals surface area contributed by atoms with Gasteiger partial charge in [-0.1, -0.05) is 33.6 Å². The van der Waals surface area contributed by atoms with E-state index in [0.29, 0.717) is 29.1 Å². The fourth-order valence-electron chi connectivity index (χ4n) is 9.98. The molecule has 4 saturated carbocycles. The lowest BCUT2D eigenvalue weighted by Gasteiger charge is -2.61. The van der Waals surface area contributed by atoms with Crippen LogP contribution in [-0.4, -0.2) is 23.1 Å². The smallest absolute Gasteiger partial charge is 0.320 e. The lowest BCUT2D eigenvalue weighted by molar-refractivity contribution is -0.175. The van der Waals surface area contributed by atoms with Gasteiger partial charge in [0.15, 0.2) is 5.92 Å². The Morgan fingerprint density at radius 2 is 1.34 bits per heavy atom. The van der Waals surface area contributed by atoms with E-state index in [1.54, 1.807) is 0 Å². The number of hydrogen-bond donors (Lipinski definition) is 0. The Bertz CT molecular complexity index is 837. The second-order valence-corrected chi connectivity index (χ2v) is 16.3. The topological polar surface area (TPSA) is 52.6 Å². The maximum atomic E-state index is 13.1. The van der Waals surface area contributed by atoms with E-state index < -0.39 is 29.1 Å². The SMILES string of the molecule is C[C@H](CCC(C(=O)OC(C)(C)C)C(=O)OC(C)(C)C)C1CCC2C3CCC4CCCCC4(C)C3CCC21C. The first-order chi connectivity index (χ1) is 17.6. The number of esters is 2. The zero-order valence-corrected chi connectivity index (χ0v) is 26.2. The number of carbonyl (C=O) groups is 2. The normalized spacial score (nSPS) is 38.1. The molecule has 38 heavy (non-hydrogen) atoms. The number of carbonyl (C=O) groups excluding carboxylic acids is 2. The predicted octanol–water partition coefficient (Wildman–Crippen LogP) is 8.75. The Balaban J connectivity index is 1.44. The Morgan fingerprint density at radius 1 is 0.737 bits per heavy atom. The van der Waals surface area contributed by atoms with Crippen molar-refractivity contribution in [3.63, 3.8) is 0 Å². The molecule has 4 aliphatic carbocycles. The summed E-state index contributed by atoms with van der Waals surface area (Å²) in [6.07, 6.45) is 15.5. The molecule has 0 aromatic rings. The second-order valence-electron chi connectivity index (χ2n) is 16.3. The van der Waals surface area contributed by atoms with E-state index in [0.717, 1.165) is 30.1 Å². The van der Waals surface area contributed by atoms with Gasteiger partial charge in [-0.05, 0) is 152 Å². The van der Waals surface area contributed by atoms with E-state index >= 15 is 0 Å². The van der Waals surface area contributed by atoms with Crippen LogP contribution in [0.3, 0.4) is 0 Å². The first kappa shape index (κ1) is 29.9. The Hall–Kier alpha value is -1.06. The van der Waals surface area contributed by atoms with Crippen LogP contribution in [0.4, 0.5) is 0 Å². The molecule has 0 radical (unpaired) electrons. The molecule has 218 valence electrons. The van der Waals surface area contributed by atoms with Crippen LogP contribution in [0.1, 0.15) is 139 Å². The summed E-state index contributed by atoms with van der Waals surface area (Å²) in [6, 6.07) is 0. The lowest BCUT2D eigenvalue weighted by Crippen LogP contribution is -2.53. The molecular weight excluding hydrogens is 472 g/mol. The zero-order valence-electron chi connectivity index (χ0n) is 26.2. The first-order valence-corrected chi connectivity index (χ1v) is 16.0. The standard InChI is InChI=1S/C34H58O4/c1-22(13-15-25(29(35)37-31(2,3)4)30(36)38-32(5,6)7)26-17-18-27-24-16-14-23-12-10-11-20-33(23,8)28(24)19-21-34(26,27)9/h22-28H,10-21H2,1-9H3/t22-,23?,24?,26?,27?,28?,33?,34?/m1/s1. The van der Waals surface area contributed by atoms with Gasteiger partial charge in [0, 0.05) is 0 Å². The number of hydrogen-bond acceptors (Lipinski definition) is 4. The molecule has 7 unspecified atom stereocenters. The number of fused-ring (bicyclic) bond motifs is 5. The highest BCUT2D eigenvalue weighted by molar-refractivity contribution is 5.95. The van der Waals surface area contributed by atoms with E-state index in [4.69, 9.17) is 9.47 Å². The van der Waals surface area contributed by atoms with Gasteiger partial charge >= 0.3 is 11.9 Å². The summed E-state index contributed by atoms with van der Waals surface area (Å²) in [5.41, 5.74) is -0.268. The third-order valence-electron chi connectivity index (χ3n) is 11.6. The van der Waals surface area contributed by atoms with Gasteiger partial charge in [0.1, 0.15) is 11.2 Å². The fraction of sp³-hybridized carbons (Fsp3) is 0.941. The van der Waals surface area contributed by atoms with Crippen molar-refractivity contribution in [2.75, 3.05) is 0 Å². The molecule has 4 rings (SSSR count). The predicted molar refractivity (Wildman–Crippen MR) is 153 cm³/mol.